The first-order chi connectivity index (χ1) is 8.79. The van der Waals surface area contributed by atoms with Crippen LogP contribution in [0.15, 0.2) is 0 Å². The summed E-state index contributed by atoms with van der Waals surface area (Å²) in [5.41, 5.74) is 0. The SMILES string of the molecule is O=C(OC[C@@H]1CC[C@H]2O[C@@H]2C1)[C@@H]1CC[C@@H]2O[C@@H]2C1. The van der Waals surface area contributed by atoms with Crippen LogP contribution in [0.5, 0.6) is 0 Å². The van der Waals surface area contributed by atoms with Gasteiger partial charge in [0.25, 0.3) is 0 Å². The molecule has 0 aromatic rings. The summed E-state index contributed by atoms with van der Waals surface area (Å²) >= 11 is 0. The number of hydrogen-bond acceptors (Lipinski definition) is 4. The second-order valence-corrected chi connectivity index (χ2v) is 6.25. The van der Waals surface area contributed by atoms with Gasteiger partial charge in [0.05, 0.1) is 36.9 Å². The Bertz CT molecular complexity index is 356. The Morgan fingerprint density at radius 2 is 1.67 bits per heavy atom. The number of hydrogen-bond donors (Lipinski definition) is 0. The lowest BCUT2D eigenvalue weighted by Gasteiger charge is -2.21. The lowest BCUT2D eigenvalue weighted by molar-refractivity contribution is -0.151. The molecule has 0 radical (unpaired) electrons. The second kappa shape index (κ2) is 4.20. The van der Waals surface area contributed by atoms with E-state index in [9.17, 15) is 4.79 Å². The van der Waals surface area contributed by atoms with Crippen molar-refractivity contribution in [3.63, 3.8) is 0 Å². The standard InChI is InChI=1S/C14H20O4/c15-14(9-2-4-11-13(6-9)18-11)16-7-8-1-3-10-12(5-8)17-10/h8-13H,1-7H2/t8-,9-,10-,11+,12-,13-/m1/s1. The van der Waals surface area contributed by atoms with Crippen LogP contribution in [-0.2, 0) is 19.0 Å². The molecule has 0 amide bonds. The van der Waals surface area contributed by atoms with Gasteiger partial charge in [-0.15, -0.1) is 0 Å². The average Bonchev–Trinajstić information content (AvgIpc) is 3.26. The molecule has 18 heavy (non-hydrogen) atoms. The molecule has 0 spiro atoms. The van der Waals surface area contributed by atoms with E-state index in [4.69, 9.17) is 14.2 Å². The Morgan fingerprint density at radius 1 is 0.944 bits per heavy atom. The third-order valence-electron chi connectivity index (χ3n) is 4.91. The quantitative estimate of drug-likeness (QED) is 0.566. The maximum absolute atomic E-state index is 12.0. The number of esters is 1. The Kier molecular flexibility index (Phi) is 2.62. The van der Waals surface area contributed by atoms with Crippen LogP contribution in [0.3, 0.4) is 0 Å². The molecule has 0 unspecified atom stereocenters. The molecule has 2 saturated heterocycles. The van der Waals surface area contributed by atoms with Crippen molar-refractivity contribution in [2.45, 2.75) is 62.9 Å². The van der Waals surface area contributed by atoms with Gasteiger partial charge in [0.15, 0.2) is 0 Å². The molecule has 100 valence electrons. The maximum atomic E-state index is 12.0. The van der Waals surface area contributed by atoms with E-state index in [2.05, 4.69) is 0 Å². The Labute approximate surface area is 107 Å². The predicted molar refractivity (Wildman–Crippen MR) is 63.0 cm³/mol. The second-order valence-electron chi connectivity index (χ2n) is 6.25. The molecular weight excluding hydrogens is 232 g/mol. The molecule has 2 saturated carbocycles. The number of fused-ring (bicyclic) bond motifs is 2. The maximum Gasteiger partial charge on any atom is 0.309 e. The van der Waals surface area contributed by atoms with E-state index in [0.29, 0.717) is 36.9 Å². The third kappa shape index (κ3) is 2.16. The first-order valence-electron chi connectivity index (χ1n) is 7.27. The zero-order valence-electron chi connectivity index (χ0n) is 10.5. The summed E-state index contributed by atoms with van der Waals surface area (Å²) in [6.45, 7) is 0.594. The van der Waals surface area contributed by atoms with Crippen molar-refractivity contribution in [3.05, 3.63) is 0 Å². The molecule has 0 N–H and O–H groups in total. The zero-order valence-corrected chi connectivity index (χ0v) is 10.5. The molecule has 0 aromatic heterocycles. The number of epoxide rings is 2. The highest BCUT2D eigenvalue weighted by molar-refractivity contribution is 5.72. The first-order valence-corrected chi connectivity index (χ1v) is 7.27. The molecule has 4 heteroatoms. The molecule has 6 atom stereocenters. The number of rotatable bonds is 3. The van der Waals surface area contributed by atoms with Gasteiger partial charge in [-0.1, -0.05) is 0 Å². The average molecular weight is 252 g/mol. The fraction of sp³-hybridized carbons (Fsp3) is 0.929. The van der Waals surface area contributed by atoms with Crippen molar-refractivity contribution >= 4 is 5.97 Å². The minimum absolute atomic E-state index is 0.00258. The van der Waals surface area contributed by atoms with Gasteiger partial charge in [0.1, 0.15) is 0 Å². The molecule has 2 aliphatic carbocycles. The lowest BCUT2D eigenvalue weighted by Crippen LogP contribution is -2.27. The minimum atomic E-state index is 0.00258. The van der Waals surface area contributed by atoms with Gasteiger partial charge < -0.3 is 14.2 Å². The summed E-state index contributed by atoms with van der Waals surface area (Å²) in [6, 6.07) is 0. The van der Waals surface area contributed by atoms with Gasteiger partial charge in [-0.3, -0.25) is 4.79 Å². The Balaban J connectivity index is 1.23. The van der Waals surface area contributed by atoms with Crippen LogP contribution in [0.4, 0.5) is 0 Å². The van der Waals surface area contributed by atoms with Crippen molar-refractivity contribution in [2.24, 2.45) is 11.8 Å². The number of ether oxygens (including phenoxy) is 3. The summed E-state index contributed by atoms with van der Waals surface area (Å²) in [6.07, 6.45) is 8.03. The van der Waals surface area contributed by atoms with Gasteiger partial charge in [0.2, 0.25) is 0 Å². The van der Waals surface area contributed by atoms with E-state index < -0.39 is 0 Å². The van der Waals surface area contributed by atoms with Crippen LogP contribution < -0.4 is 0 Å². The molecule has 4 fully saturated rings. The van der Waals surface area contributed by atoms with Gasteiger partial charge in [0, 0.05) is 0 Å². The van der Waals surface area contributed by atoms with Crippen LogP contribution in [0.1, 0.15) is 38.5 Å². The number of carbonyl (C=O) groups excluding carboxylic acids is 1. The highest BCUT2D eigenvalue weighted by Gasteiger charge is 2.47. The van der Waals surface area contributed by atoms with E-state index in [1.54, 1.807) is 0 Å². The summed E-state index contributed by atoms with van der Waals surface area (Å²) in [5.74, 6) is 0.608. The third-order valence-corrected chi connectivity index (χ3v) is 4.91. The first kappa shape index (κ1) is 11.2. The zero-order chi connectivity index (χ0) is 12.1. The van der Waals surface area contributed by atoms with E-state index in [1.807, 2.05) is 0 Å². The molecule has 4 nitrogen and oxygen atoms in total. The van der Waals surface area contributed by atoms with Crippen LogP contribution in [0.2, 0.25) is 0 Å². The predicted octanol–water partition coefficient (Wildman–Crippen LogP) is 1.66. The number of carbonyl (C=O) groups is 1. The molecule has 0 bridgehead atoms. The van der Waals surface area contributed by atoms with Crippen LogP contribution in [-0.4, -0.2) is 37.0 Å². The summed E-state index contributed by atoms with van der Waals surface area (Å²) in [4.78, 5) is 12.0. The van der Waals surface area contributed by atoms with E-state index in [-0.39, 0.29) is 11.9 Å². The highest BCUT2D eigenvalue weighted by atomic mass is 16.6. The van der Waals surface area contributed by atoms with Crippen molar-refractivity contribution in [1.82, 2.24) is 0 Å². The molecule has 0 aromatic carbocycles. The Morgan fingerprint density at radius 3 is 2.39 bits per heavy atom. The fourth-order valence-corrected chi connectivity index (χ4v) is 3.57. The molecule has 4 aliphatic rings. The lowest BCUT2D eigenvalue weighted by atomic mass is 9.89. The molecule has 2 heterocycles. The van der Waals surface area contributed by atoms with Gasteiger partial charge in [-0.2, -0.15) is 0 Å². The van der Waals surface area contributed by atoms with Crippen LogP contribution in [0.25, 0.3) is 0 Å². The summed E-state index contributed by atoms with van der Waals surface area (Å²) in [7, 11) is 0. The normalized spacial score (nSPS) is 48.9. The smallest absolute Gasteiger partial charge is 0.309 e. The van der Waals surface area contributed by atoms with E-state index >= 15 is 0 Å². The van der Waals surface area contributed by atoms with Crippen molar-refractivity contribution in [2.75, 3.05) is 6.61 Å². The molecule has 4 rings (SSSR count). The van der Waals surface area contributed by atoms with Crippen molar-refractivity contribution in [3.8, 4) is 0 Å². The summed E-state index contributed by atoms with van der Waals surface area (Å²) in [5, 5.41) is 0. The largest absolute Gasteiger partial charge is 0.465 e. The van der Waals surface area contributed by atoms with Gasteiger partial charge in [-0.05, 0) is 44.4 Å². The fourth-order valence-electron chi connectivity index (χ4n) is 3.57. The monoisotopic (exact) mass is 252 g/mol. The highest BCUT2D eigenvalue weighted by Crippen LogP contribution is 2.41. The van der Waals surface area contributed by atoms with Gasteiger partial charge in [-0.25, -0.2) is 0 Å². The van der Waals surface area contributed by atoms with Crippen LogP contribution >= 0.6 is 0 Å². The van der Waals surface area contributed by atoms with Crippen LogP contribution in [0, 0.1) is 11.8 Å². The summed E-state index contributed by atoms with van der Waals surface area (Å²) < 4.78 is 16.4. The topological polar surface area (TPSA) is 51.4 Å². The van der Waals surface area contributed by atoms with Crippen molar-refractivity contribution in [1.29, 1.82) is 0 Å². The van der Waals surface area contributed by atoms with Gasteiger partial charge >= 0.3 is 5.97 Å². The van der Waals surface area contributed by atoms with E-state index in [1.165, 1.54) is 0 Å². The molecule has 2 aliphatic heterocycles. The minimum Gasteiger partial charge on any atom is -0.465 e. The van der Waals surface area contributed by atoms with Crippen molar-refractivity contribution < 1.29 is 19.0 Å². The van der Waals surface area contributed by atoms with E-state index in [0.717, 1.165) is 38.5 Å². The Hall–Kier alpha value is -0.610. The molecular formula is C14H20O4.